The first kappa shape index (κ1) is 10.8. The Bertz CT molecular complexity index is 191. The van der Waals surface area contributed by atoms with Crippen LogP contribution in [0, 0.1) is 11.3 Å². The summed E-state index contributed by atoms with van der Waals surface area (Å²) in [7, 11) is 1.76. The first-order chi connectivity index (χ1) is 6.03. The standard InChI is InChI=1S/C12H22O/c1-10-7-11(5-6-13-4)9-12(2,3)8-10/h5,10H,6-9H2,1-4H3. The second-order valence-corrected chi connectivity index (χ2v) is 5.17. The smallest absolute Gasteiger partial charge is 0.0646 e. The molecule has 0 aromatic heterocycles. The molecule has 0 amide bonds. The molecule has 0 heterocycles. The SMILES string of the molecule is COCC=C1CC(C)CC(C)(C)C1. The molecule has 0 radical (unpaired) electrons. The highest BCUT2D eigenvalue weighted by molar-refractivity contribution is 5.09. The van der Waals surface area contributed by atoms with Crippen LogP contribution < -0.4 is 0 Å². The molecule has 1 nitrogen and oxygen atoms in total. The van der Waals surface area contributed by atoms with Gasteiger partial charge in [0.25, 0.3) is 0 Å². The summed E-state index contributed by atoms with van der Waals surface area (Å²) in [5.74, 6) is 0.840. The van der Waals surface area contributed by atoms with E-state index in [0.717, 1.165) is 12.5 Å². The number of rotatable bonds is 2. The highest BCUT2D eigenvalue weighted by Gasteiger charge is 2.27. The van der Waals surface area contributed by atoms with Gasteiger partial charge in [0.05, 0.1) is 6.61 Å². The van der Waals surface area contributed by atoms with E-state index in [9.17, 15) is 0 Å². The molecule has 1 heteroatoms. The third-order valence-corrected chi connectivity index (χ3v) is 2.76. The zero-order chi connectivity index (χ0) is 9.90. The maximum Gasteiger partial charge on any atom is 0.0646 e. The van der Waals surface area contributed by atoms with Crippen LogP contribution >= 0.6 is 0 Å². The Kier molecular flexibility index (Phi) is 3.55. The second kappa shape index (κ2) is 4.28. The Labute approximate surface area is 82.2 Å². The van der Waals surface area contributed by atoms with Gasteiger partial charge in [-0.1, -0.05) is 32.4 Å². The second-order valence-electron chi connectivity index (χ2n) is 5.17. The lowest BCUT2D eigenvalue weighted by Crippen LogP contribution is -2.22. The topological polar surface area (TPSA) is 9.23 Å². The molecule has 0 aromatic rings. The molecule has 1 fully saturated rings. The summed E-state index contributed by atoms with van der Waals surface area (Å²) in [6.07, 6.45) is 6.14. The van der Waals surface area contributed by atoms with Gasteiger partial charge in [-0.05, 0) is 30.6 Å². The van der Waals surface area contributed by atoms with Crippen molar-refractivity contribution in [2.45, 2.75) is 40.0 Å². The van der Waals surface area contributed by atoms with Gasteiger partial charge in [0, 0.05) is 7.11 Å². The quantitative estimate of drug-likeness (QED) is 0.595. The van der Waals surface area contributed by atoms with Crippen molar-refractivity contribution in [3.63, 3.8) is 0 Å². The molecule has 13 heavy (non-hydrogen) atoms. The van der Waals surface area contributed by atoms with E-state index in [0.29, 0.717) is 5.41 Å². The normalized spacial score (nSPS) is 30.8. The average Bonchev–Trinajstić information content (AvgIpc) is 1.97. The van der Waals surface area contributed by atoms with Crippen LogP contribution in [0.1, 0.15) is 40.0 Å². The van der Waals surface area contributed by atoms with E-state index >= 15 is 0 Å². The fraction of sp³-hybridized carbons (Fsp3) is 0.833. The van der Waals surface area contributed by atoms with Crippen molar-refractivity contribution < 1.29 is 4.74 Å². The summed E-state index contributed by atoms with van der Waals surface area (Å²) in [6.45, 7) is 7.85. The van der Waals surface area contributed by atoms with Gasteiger partial charge in [-0.25, -0.2) is 0 Å². The zero-order valence-electron chi connectivity index (χ0n) is 9.39. The van der Waals surface area contributed by atoms with Crippen molar-refractivity contribution in [1.29, 1.82) is 0 Å². The molecule has 0 N–H and O–H groups in total. The molecule has 0 aliphatic heterocycles. The van der Waals surface area contributed by atoms with Crippen molar-refractivity contribution in [3.8, 4) is 0 Å². The first-order valence-electron chi connectivity index (χ1n) is 5.20. The van der Waals surface area contributed by atoms with Crippen molar-refractivity contribution >= 4 is 0 Å². The minimum atomic E-state index is 0.497. The van der Waals surface area contributed by atoms with Crippen LogP contribution in [0.3, 0.4) is 0 Å². The van der Waals surface area contributed by atoms with Gasteiger partial charge in [0.1, 0.15) is 0 Å². The first-order valence-corrected chi connectivity index (χ1v) is 5.20. The maximum absolute atomic E-state index is 5.07. The lowest BCUT2D eigenvalue weighted by atomic mass is 9.70. The molecular weight excluding hydrogens is 160 g/mol. The van der Waals surface area contributed by atoms with E-state index in [4.69, 9.17) is 4.74 Å². The molecule has 1 rings (SSSR count). The van der Waals surface area contributed by atoms with Gasteiger partial charge in [-0.2, -0.15) is 0 Å². The lowest BCUT2D eigenvalue weighted by molar-refractivity contribution is 0.219. The van der Waals surface area contributed by atoms with Crippen LogP contribution in [0.25, 0.3) is 0 Å². The van der Waals surface area contributed by atoms with Crippen LogP contribution in [0.15, 0.2) is 11.6 Å². The molecular formula is C12H22O. The van der Waals surface area contributed by atoms with Crippen LogP contribution in [-0.2, 0) is 4.74 Å². The van der Waals surface area contributed by atoms with Crippen molar-refractivity contribution in [1.82, 2.24) is 0 Å². The highest BCUT2D eigenvalue weighted by Crippen LogP contribution is 2.41. The minimum absolute atomic E-state index is 0.497. The predicted octanol–water partition coefficient (Wildman–Crippen LogP) is 3.41. The molecule has 76 valence electrons. The maximum atomic E-state index is 5.07. The van der Waals surface area contributed by atoms with E-state index in [1.54, 1.807) is 12.7 Å². The van der Waals surface area contributed by atoms with Crippen molar-refractivity contribution in [2.75, 3.05) is 13.7 Å². The number of hydrogen-bond donors (Lipinski definition) is 0. The van der Waals surface area contributed by atoms with E-state index in [1.807, 2.05) is 0 Å². The summed E-state index contributed by atoms with van der Waals surface area (Å²) in [5, 5.41) is 0. The molecule has 0 bridgehead atoms. The number of ether oxygens (including phenoxy) is 1. The van der Waals surface area contributed by atoms with Crippen molar-refractivity contribution in [3.05, 3.63) is 11.6 Å². The third kappa shape index (κ3) is 3.51. The third-order valence-electron chi connectivity index (χ3n) is 2.76. The molecule has 1 aliphatic rings. The minimum Gasteiger partial charge on any atom is -0.381 e. The summed E-state index contributed by atoms with van der Waals surface area (Å²) < 4.78 is 5.07. The fourth-order valence-corrected chi connectivity index (χ4v) is 2.58. The van der Waals surface area contributed by atoms with Gasteiger partial charge < -0.3 is 4.74 Å². The number of methoxy groups -OCH3 is 1. The zero-order valence-corrected chi connectivity index (χ0v) is 9.39. The Morgan fingerprint density at radius 1 is 1.54 bits per heavy atom. The molecule has 1 atom stereocenters. The molecule has 1 unspecified atom stereocenters. The number of allylic oxidation sites excluding steroid dienone is 1. The van der Waals surface area contributed by atoms with Crippen LogP contribution in [-0.4, -0.2) is 13.7 Å². The van der Waals surface area contributed by atoms with Gasteiger partial charge in [0.15, 0.2) is 0 Å². The summed E-state index contributed by atoms with van der Waals surface area (Å²) in [5.41, 5.74) is 2.09. The lowest BCUT2D eigenvalue weighted by Gasteiger charge is -2.35. The Morgan fingerprint density at radius 3 is 2.77 bits per heavy atom. The highest BCUT2D eigenvalue weighted by atomic mass is 16.5. The largest absolute Gasteiger partial charge is 0.381 e. The molecule has 1 aliphatic carbocycles. The van der Waals surface area contributed by atoms with Crippen LogP contribution in [0.2, 0.25) is 0 Å². The molecule has 1 saturated carbocycles. The van der Waals surface area contributed by atoms with Gasteiger partial charge >= 0.3 is 0 Å². The summed E-state index contributed by atoms with van der Waals surface area (Å²) >= 11 is 0. The Balaban J connectivity index is 2.57. The van der Waals surface area contributed by atoms with E-state index < -0.39 is 0 Å². The Morgan fingerprint density at radius 2 is 2.23 bits per heavy atom. The number of hydrogen-bond acceptors (Lipinski definition) is 1. The van der Waals surface area contributed by atoms with Gasteiger partial charge in [0.2, 0.25) is 0 Å². The van der Waals surface area contributed by atoms with Crippen LogP contribution in [0.4, 0.5) is 0 Å². The van der Waals surface area contributed by atoms with Crippen LogP contribution in [0.5, 0.6) is 0 Å². The van der Waals surface area contributed by atoms with E-state index in [2.05, 4.69) is 26.8 Å². The Hall–Kier alpha value is -0.300. The predicted molar refractivity (Wildman–Crippen MR) is 56.8 cm³/mol. The van der Waals surface area contributed by atoms with E-state index in [1.165, 1.54) is 19.3 Å². The fourth-order valence-electron chi connectivity index (χ4n) is 2.58. The molecule has 0 aromatic carbocycles. The van der Waals surface area contributed by atoms with Gasteiger partial charge in [-0.15, -0.1) is 0 Å². The monoisotopic (exact) mass is 182 g/mol. The van der Waals surface area contributed by atoms with Crippen molar-refractivity contribution in [2.24, 2.45) is 11.3 Å². The summed E-state index contributed by atoms with van der Waals surface area (Å²) in [4.78, 5) is 0. The van der Waals surface area contributed by atoms with Gasteiger partial charge in [-0.3, -0.25) is 0 Å². The molecule has 0 saturated heterocycles. The average molecular weight is 182 g/mol. The summed E-state index contributed by atoms with van der Waals surface area (Å²) in [6, 6.07) is 0. The molecule has 0 spiro atoms. The van der Waals surface area contributed by atoms with E-state index in [-0.39, 0.29) is 0 Å².